The number of H-pyrrole nitrogens is 1. The van der Waals surface area contributed by atoms with Gasteiger partial charge in [0.15, 0.2) is 5.82 Å². The second-order valence-corrected chi connectivity index (χ2v) is 34.5. The number of nitrogens with zero attached hydrogens (tertiary/aromatic N) is 11. The van der Waals surface area contributed by atoms with Gasteiger partial charge in [-0.05, 0) is 152 Å². The van der Waals surface area contributed by atoms with Crippen molar-refractivity contribution in [2.24, 2.45) is 4.99 Å². The van der Waals surface area contributed by atoms with Crippen molar-refractivity contribution in [1.82, 2.24) is 55.1 Å². The van der Waals surface area contributed by atoms with Crippen LogP contribution in [0, 0.1) is 0 Å². The maximum Gasteiger partial charge on any atom is 0.159 e. The van der Waals surface area contributed by atoms with Crippen LogP contribution in [0.5, 0.6) is 0 Å². The lowest BCUT2D eigenvalue weighted by Crippen LogP contribution is -2.03. The minimum Gasteiger partial charge on any atom is -0.360 e. The first-order valence-electron chi connectivity index (χ1n) is 43.1. The molecule has 9 aromatic carbocycles. The van der Waals surface area contributed by atoms with Crippen LogP contribution in [0.25, 0.3) is 98.7 Å². The number of aliphatic imine (C=N–C) groups is 1. The van der Waals surface area contributed by atoms with E-state index in [1.807, 2.05) is 91.0 Å². The van der Waals surface area contributed by atoms with Crippen LogP contribution >= 0.6 is 22.7 Å². The van der Waals surface area contributed by atoms with E-state index in [9.17, 15) is 0 Å². The fourth-order valence-electron chi connectivity index (χ4n) is 14.6. The molecule has 8 aromatic heterocycles. The molecule has 14 heteroatoms. The first-order valence-corrected chi connectivity index (χ1v) is 44.8. The normalized spacial score (nSPS) is 11.3. The highest BCUT2D eigenvalue weighted by Crippen LogP contribution is 2.38. The summed E-state index contributed by atoms with van der Waals surface area (Å²) in [5.41, 5.74) is 28.0. The van der Waals surface area contributed by atoms with Crippen LogP contribution < -0.4 is 0 Å². The summed E-state index contributed by atoms with van der Waals surface area (Å²) in [6.07, 6.45) is 23.0. The average molecular weight is 1670 g/mol. The monoisotopic (exact) mass is 1670 g/mol. The van der Waals surface area contributed by atoms with Gasteiger partial charge >= 0.3 is 0 Å². The number of pyridine rings is 2. The Morgan fingerprint density at radius 1 is 0.315 bits per heavy atom. The molecule has 0 saturated heterocycles. The fraction of sp³-hybridized carbons (Fsp3) is 0.227. The molecule has 0 atom stereocenters. The van der Waals surface area contributed by atoms with Gasteiger partial charge in [-0.1, -0.05) is 329 Å². The number of nitrogens with one attached hydrogen (secondary N) is 1. The smallest absolute Gasteiger partial charge is 0.159 e. The topological polar surface area (TPSA) is 157 Å². The van der Waals surface area contributed by atoms with Crippen LogP contribution in [0.2, 0.25) is 0 Å². The molecule has 0 unspecified atom stereocenters. The van der Waals surface area contributed by atoms with Gasteiger partial charge in [-0.3, -0.25) is 24.9 Å². The number of aromatic nitrogens is 11. The standard InChI is InChI=1S/C16H16N2.C16H15NS.C14H15N.3C13H14N2.C13H15N.C12H13NS/c1-11(2)13-5-3-4-6-14(13)15-9-12-7-8-17-16(12)10-18-15;1-11(2)12-7-3-4-8-13(12)16-17-14-9-5-6-10-15(14)18-16;1-11(2)12-7-3-4-8-13(12)14-9-5-6-10-15-14;1-10(2)11-6-3-4-7-12(11)13-14-8-5-9-15-13;1-10(2)11-6-3-4-7-12(11)13-8-5-9-14-15-13;1-10(2)11-5-3-4-6-12(11)13-9-14-7-8-15-13;1-10(2)11-6-3-4-7-12(11)13-8-5-9-14-13;1-9(2)10-5-3-4-6-11(10)12-13-7-8-14-12/h3-11,17H,1-2H3;3-11H,1-2H3;3-11H,1-2H3;3*3-10H,1-2H3;3-7,9-10H,8H2,1-2H3;3-9H,1-2H3. The zero-order chi connectivity index (χ0) is 87.7. The summed E-state index contributed by atoms with van der Waals surface area (Å²) in [7, 11) is 0. The number of benzene rings is 9. The number of allylic oxidation sites excluding steroid dienone is 1. The van der Waals surface area contributed by atoms with Crippen LogP contribution in [-0.2, 0) is 0 Å². The van der Waals surface area contributed by atoms with Crippen molar-refractivity contribution < 1.29 is 0 Å². The van der Waals surface area contributed by atoms with Gasteiger partial charge in [0.05, 0.1) is 56.6 Å². The minimum atomic E-state index is 0.491. The number of aromatic amines is 1. The highest BCUT2D eigenvalue weighted by Gasteiger charge is 2.18. The van der Waals surface area contributed by atoms with Crippen LogP contribution in [0.4, 0.5) is 0 Å². The Labute approximate surface area is 743 Å². The Morgan fingerprint density at radius 3 is 1.21 bits per heavy atom. The Hall–Kier alpha value is -13.0. The molecular weight excluding hydrogens is 1550 g/mol. The van der Waals surface area contributed by atoms with Crippen LogP contribution in [0.3, 0.4) is 0 Å². The lowest BCUT2D eigenvalue weighted by atomic mass is 9.94. The van der Waals surface area contributed by atoms with Crippen molar-refractivity contribution in [1.29, 1.82) is 0 Å². The summed E-state index contributed by atoms with van der Waals surface area (Å²) in [6.45, 7) is 35.3. The zero-order valence-corrected chi connectivity index (χ0v) is 76.1. The molecular formula is C110H116N12S2. The van der Waals surface area contributed by atoms with Gasteiger partial charge in [-0.15, -0.1) is 22.7 Å². The molecule has 0 amide bonds. The summed E-state index contributed by atoms with van der Waals surface area (Å²) in [4.78, 5) is 42.6. The van der Waals surface area contributed by atoms with E-state index < -0.39 is 0 Å². The summed E-state index contributed by atoms with van der Waals surface area (Å²) >= 11 is 3.47. The van der Waals surface area contributed by atoms with Crippen LogP contribution in [0.15, 0.2) is 352 Å². The number of thiazole rings is 2. The van der Waals surface area contributed by atoms with E-state index in [1.165, 1.54) is 99.2 Å². The van der Waals surface area contributed by atoms with Crippen LogP contribution in [0.1, 0.15) is 215 Å². The van der Waals surface area contributed by atoms with E-state index in [-0.39, 0.29) is 0 Å². The van der Waals surface area contributed by atoms with E-state index in [0.717, 1.165) is 61.6 Å². The van der Waals surface area contributed by atoms with E-state index in [4.69, 9.17) is 4.98 Å². The third-order valence-corrected chi connectivity index (χ3v) is 22.8. The molecule has 0 spiro atoms. The van der Waals surface area contributed by atoms with Crippen molar-refractivity contribution >= 4 is 49.5 Å². The lowest BCUT2D eigenvalue weighted by Gasteiger charge is -2.12. The maximum absolute atomic E-state index is 4.74. The predicted octanol–water partition coefficient (Wildman–Crippen LogP) is 30.6. The maximum atomic E-state index is 4.74. The molecule has 17 aromatic rings. The van der Waals surface area contributed by atoms with Crippen molar-refractivity contribution in [2.75, 3.05) is 0 Å². The molecule has 18 rings (SSSR count). The second-order valence-electron chi connectivity index (χ2n) is 32.5. The molecule has 0 fully saturated rings. The average Bonchev–Trinajstić information content (AvgIpc) is 1.51. The summed E-state index contributed by atoms with van der Waals surface area (Å²) in [6, 6.07) is 91.9. The van der Waals surface area contributed by atoms with Crippen molar-refractivity contribution in [3.8, 4) is 77.6 Å². The molecule has 12 nitrogen and oxygen atoms in total. The van der Waals surface area contributed by atoms with Crippen molar-refractivity contribution in [3.63, 3.8) is 0 Å². The van der Waals surface area contributed by atoms with Crippen LogP contribution in [-0.4, -0.2) is 60.8 Å². The largest absolute Gasteiger partial charge is 0.360 e. The molecule has 0 radical (unpaired) electrons. The highest BCUT2D eigenvalue weighted by atomic mass is 32.1. The van der Waals surface area contributed by atoms with E-state index in [1.54, 1.807) is 59.9 Å². The second kappa shape index (κ2) is 46.9. The molecule has 9 heterocycles. The van der Waals surface area contributed by atoms with Gasteiger partial charge in [-0.2, -0.15) is 10.2 Å². The fourth-order valence-corrected chi connectivity index (χ4v) is 16.3. The Bertz CT molecular complexity index is 5700. The van der Waals surface area contributed by atoms with Crippen molar-refractivity contribution in [2.45, 2.75) is 165 Å². The van der Waals surface area contributed by atoms with Gasteiger partial charge in [0.2, 0.25) is 0 Å². The SMILES string of the molecule is CC(C)c1ccccc1-c1cc2cc[nH]c2cn1.CC(C)c1ccccc1-c1ccccn1.CC(C)c1ccccc1-c1cccnn1.CC(C)c1ccccc1-c1cnccn1.CC(C)c1ccccc1-c1nc2ccccc2s1.CC(C)c1ccccc1-c1ncccn1.CC(C)c1ccccc1-c1nccs1.CC(C)c1ccccc1C1=NC=CC1. The number of rotatable bonds is 16. The molecule has 1 aliphatic heterocycles. The molecule has 1 aliphatic rings. The number of hydrogen-bond acceptors (Lipinski definition) is 13. The summed E-state index contributed by atoms with van der Waals surface area (Å²) in [5, 5.41) is 13.5. The van der Waals surface area contributed by atoms with Gasteiger partial charge in [0.1, 0.15) is 10.0 Å². The molecule has 0 bridgehead atoms. The van der Waals surface area contributed by atoms with E-state index in [0.29, 0.717) is 47.3 Å². The molecule has 1 N–H and O–H groups in total. The van der Waals surface area contributed by atoms with Gasteiger partial charge in [0.25, 0.3) is 0 Å². The molecule has 124 heavy (non-hydrogen) atoms. The van der Waals surface area contributed by atoms with Gasteiger partial charge in [-0.25, -0.2) is 19.9 Å². The van der Waals surface area contributed by atoms with E-state index in [2.05, 4.69) is 384 Å². The summed E-state index contributed by atoms with van der Waals surface area (Å²) in [5.74, 6) is 4.98. The third kappa shape index (κ3) is 25.6. The first-order chi connectivity index (χ1) is 60.2. The number of hydrogen-bond donors (Lipinski definition) is 1. The molecule has 0 aliphatic carbocycles. The highest BCUT2D eigenvalue weighted by molar-refractivity contribution is 7.21. The quantitative estimate of drug-likeness (QED) is 0.0987. The van der Waals surface area contributed by atoms with Crippen molar-refractivity contribution in [3.05, 3.63) is 397 Å². The first kappa shape index (κ1) is 91.7. The zero-order valence-electron chi connectivity index (χ0n) is 74.5. The number of para-hydroxylation sites is 1. The summed E-state index contributed by atoms with van der Waals surface area (Å²) < 4.78 is 1.26. The molecule has 0 saturated carbocycles. The minimum absolute atomic E-state index is 0.491. The molecule has 628 valence electrons. The number of fused-ring (bicyclic) bond motifs is 2. The Kier molecular flexibility index (Phi) is 34.7. The third-order valence-electron chi connectivity index (χ3n) is 21.0. The van der Waals surface area contributed by atoms with E-state index >= 15 is 0 Å². The lowest BCUT2D eigenvalue weighted by molar-refractivity contribution is 0.863. The predicted molar refractivity (Wildman–Crippen MR) is 526 cm³/mol. The van der Waals surface area contributed by atoms with Gasteiger partial charge in [0, 0.05) is 112 Å². The van der Waals surface area contributed by atoms with Gasteiger partial charge < -0.3 is 4.98 Å². The Balaban J connectivity index is 0.000000138. The Morgan fingerprint density at radius 2 is 0.742 bits per heavy atom.